The van der Waals surface area contributed by atoms with Gasteiger partial charge in [-0.15, -0.1) is 0 Å². The monoisotopic (exact) mass is 194 g/mol. The lowest BCUT2D eigenvalue weighted by Crippen LogP contribution is -2.34. The molecule has 2 heteroatoms. The van der Waals surface area contributed by atoms with Crippen LogP contribution in [-0.4, -0.2) is 24.0 Å². The summed E-state index contributed by atoms with van der Waals surface area (Å²) in [7, 11) is 0. The van der Waals surface area contributed by atoms with E-state index < -0.39 is 0 Å². The van der Waals surface area contributed by atoms with Crippen molar-refractivity contribution in [1.82, 2.24) is 4.90 Å². The molecule has 0 saturated carbocycles. The van der Waals surface area contributed by atoms with Crippen LogP contribution >= 0.6 is 0 Å². The Morgan fingerprint density at radius 1 is 1.36 bits per heavy atom. The summed E-state index contributed by atoms with van der Waals surface area (Å²) < 4.78 is 0. The van der Waals surface area contributed by atoms with Crippen molar-refractivity contribution in [2.75, 3.05) is 13.1 Å². The van der Waals surface area contributed by atoms with Gasteiger partial charge < -0.3 is 0 Å². The average molecular weight is 194 g/mol. The molecule has 0 aliphatic carbocycles. The maximum Gasteiger partial charge on any atom is 0.0975 e. The molecule has 0 aromatic heterocycles. The second kappa shape index (κ2) is 6.03. The summed E-state index contributed by atoms with van der Waals surface area (Å²) in [6.45, 7) is 6.64. The van der Waals surface area contributed by atoms with Crippen molar-refractivity contribution in [2.45, 2.75) is 52.0 Å². The molecule has 1 aliphatic rings. The molecule has 0 amide bonds. The zero-order valence-electron chi connectivity index (χ0n) is 9.50. The highest BCUT2D eigenvalue weighted by Gasteiger charge is 2.20. The minimum Gasteiger partial charge on any atom is -0.288 e. The van der Waals surface area contributed by atoms with Crippen LogP contribution in [0.5, 0.6) is 0 Å². The van der Waals surface area contributed by atoms with Crippen molar-refractivity contribution in [3.8, 4) is 6.07 Å². The predicted octanol–water partition coefficient (Wildman–Crippen LogP) is 2.80. The minimum absolute atomic E-state index is 0.158. The van der Waals surface area contributed by atoms with Gasteiger partial charge in [-0.3, -0.25) is 4.90 Å². The van der Waals surface area contributed by atoms with Crippen LogP contribution in [0.15, 0.2) is 0 Å². The third-order valence-corrected chi connectivity index (χ3v) is 3.44. The third kappa shape index (κ3) is 2.99. The predicted molar refractivity (Wildman–Crippen MR) is 58.9 cm³/mol. The van der Waals surface area contributed by atoms with E-state index in [0.717, 1.165) is 25.4 Å². The SMILES string of the molecule is CCC1CCCN(C(C#N)CC)CC1. The van der Waals surface area contributed by atoms with Gasteiger partial charge in [0, 0.05) is 0 Å². The fraction of sp³-hybridized carbons (Fsp3) is 0.917. The summed E-state index contributed by atoms with van der Waals surface area (Å²) in [6.07, 6.45) is 6.19. The molecular formula is C12H22N2. The van der Waals surface area contributed by atoms with Gasteiger partial charge in [0.05, 0.1) is 12.1 Å². The minimum atomic E-state index is 0.158. The third-order valence-electron chi connectivity index (χ3n) is 3.44. The van der Waals surface area contributed by atoms with Gasteiger partial charge in [0.1, 0.15) is 0 Å². The van der Waals surface area contributed by atoms with Crippen LogP contribution in [0.2, 0.25) is 0 Å². The van der Waals surface area contributed by atoms with Gasteiger partial charge >= 0.3 is 0 Å². The van der Waals surface area contributed by atoms with Crippen LogP contribution in [0, 0.1) is 17.2 Å². The zero-order valence-corrected chi connectivity index (χ0v) is 9.50. The van der Waals surface area contributed by atoms with Crippen molar-refractivity contribution >= 4 is 0 Å². The summed E-state index contributed by atoms with van der Waals surface area (Å²) in [6, 6.07) is 2.57. The first-order chi connectivity index (χ1) is 6.81. The zero-order chi connectivity index (χ0) is 10.4. The van der Waals surface area contributed by atoms with Crippen LogP contribution in [0.25, 0.3) is 0 Å². The molecule has 1 fully saturated rings. The molecule has 2 atom stereocenters. The standard InChI is InChI=1S/C12H22N2/c1-3-11-6-5-8-14(9-7-11)12(4-2)10-13/h11-12H,3-9H2,1-2H3. The lowest BCUT2D eigenvalue weighted by atomic mass is 9.98. The van der Waals surface area contributed by atoms with Gasteiger partial charge in [-0.2, -0.15) is 5.26 Å². The second-order valence-corrected chi connectivity index (χ2v) is 4.29. The smallest absolute Gasteiger partial charge is 0.0975 e. The largest absolute Gasteiger partial charge is 0.288 e. The number of hydrogen-bond donors (Lipinski definition) is 0. The molecule has 1 rings (SSSR count). The molecular weight excluding hydrogens is 172 g/mol. The topological polar surface area (TPSA) is 27.0 Å². The van der Waals surface area contributed by atoms with E-state index in [1.54, 1.807) is 0 Å². The van der Waals surface area contributed by atoms with Gasteiger partial charge in [-0.05, 0) is 44.7 Å². The number of rotatable bonds is 3. The number of nitriles is 1. The Labute approximate surface area is 87.9 Å². The normalized spacial score (nSPS) is 26.5. The molecule has 0 aromatic rings. The van der Waals surface area contributed by atoms with Gasteiger partial charge in [0.15, 0.2) is 0 Å². The molecule has 80 valence electrons. The van der Waals surface area contributed by atoms with Crippen LogP contribution in [0.4, 0.5) is 0 Å². The Morgan fingerprint density at radius 3 is 2.71 bits per heavy atom. The van der Waals surface area contributed by atoms with Crippen molar-refractivity contribution in [3.05, 3.63) is 0 Å². The molecule has 1 saturated heterocycles. The molecule has 2 nitrogen and oxygen atoms in total. The lowest BCUT2D eigenvalue weighted by Gasteiger charge is -2.24. The highest BCUT2D eigenvalue weighted by atomic mass is 15.1. The van der Waals surface area contributed by atoms with E-state index >= 15 is 0 Å². The Morgan fingerprint density at radius 2 is 2.14 bits per heavy atom. The molecule has 0 N–H and O–H groups in total. The Hall–Kier alpha value is -0.550. The van der Waals surface area contributed by atoms with E-state index in [4.69, 9.17) is 5.26 Å². The van der Waals surface area contributed by atoms with E-state index in [0.29, 0.717) is 0 Å². The summed E-state index contributed by atoms with van der Waals surface area (Å²) in [4.78, 5) is 2.37. The fourth-order valence-corrected chi connectivity index (χ4v) is 2.34. The van der Waals surface area contributed by atoms with Crippen LogP contribution in [-0.2, 0) is 0 Å². The van der Waals surface area contributed by atoms with Crippen LogP contribution in [0.1, 0.15) is 46.0 Å². The number of nitrogens with zero attached hydrogens (tertiary/aromatic N) is 2. The van der Waals surface area contributed by atoms with Crippen molar-refractivity contribution < 1.29 is 0 Å². The average Bonchev–Trinajstić information content (AvgIpc) is 2.45. The molecule has 14 heavy (non-hydrogen) atoms. The van der Waals surface area contributed by atoms with Crippen molar-refractivity contribution in [1.29, 1.82) is 5.26 Å². The highest BCUT2D eigenvalue weighted by Crippen LogP contribution is 2.21. The molecule has 0 radical (unpaired) electrons. The Kier molecular flexibility index (Phi) is 4.97. The highest BCUT2D eigenvalue weighted by molar-refractivity contribution is 4.91. The first-order valence-electron chi connectivity index (χ1n) is 5.95. The van der Waals surface area contributed by atoms with Crippen molar-refractivity contribution in [3.63, 3.8) is 0 Å². The fourth-order valence-electron chi connectivity index (χ4n) is 2.34. The lowest BCUT2D eigenvalue weighted by molar-refractivity contribution is 0.235. The Balaban J connectivity index is 2.45. The maximum atomic E-state index is 9.00. The first kappa shape index (κ1) is 11.5. The molecule has 1 heterocycles. The van der Waals surface area contributed by atoms with Gasteiger partial charge in [-0.1, -0.05) is 20.3 Å². The van der Waals surface area contributed by atoms with Gasteiger partial charge in [0.2, 0.25) is 0 Å². The number of likely N-dealkylation sites (tertiary alicyclic amines) is 1. The summed E-state index contributed by atoms with van der Waals surface area (Å²) in [5, 5.41) is 9.00. The van der Waals surface area contributed by atoms with E-state index in [2.05, 4.69) is 24.8 Å². The number of hydrogen-bond acceptors (Lipinski definition) is 2. The Bertz CT molecular complexity index is 195. The molecule has 0 aromatic carbocycles. The quantitative estimate of drug-likeness (QED) is 0.690. The van der Waals surface area contributed by atoms with Crippen molar-refractivity contribution in [2.24, 2.45) is 5.92 Å². The van der Waals surface area contributed by atoms with Gasteiger partial charge in [-0.25, -0.2) is 0 Å². The second-order valence-electron chi connectivity index (χ2n) is 4.29. The van der Waals surface area contributed by atoms with E-state index in [-0.39, 0.29) is 6.04 Å². The molecule has 1 aliphatic heterocycles. The molecule has 0 bridgehead atoms. The first-order valence-corrected chi connectivity index (χ1v) is 5.95. The maximum absolute atomic E-state index is 9.00. The van der Waals surface area contributed by atoms with Gasteiger partial charge in [0.25, 0.3) is 0 Å². The van der Waals surface area contributed by atoms with E-state index in [9.17, 15) is 0 Å². The van der Waals surface area contributed by atoms with Crippen LogP contribution < -0.4 is 0 Å². The van der Waals surface area contributed by atoms with E-state index in [1.807, 2.05) is 0 Å². The summed E-state index contributed by atoms with van der Waals surface area (Å²) >= 11 is 0. The summed E-state index contributed by atoms with van der Waals surface area (Å²) in [5.41, 5.74) is 0. The van der Waals surface area contributed by atoms with E-state index in [1.165, 1.54) is 25.7 Å². The summed E-state index contributed by atoms with van der Waals surface area (Å²) in [5.74, 6) is 0.899. The molecule has 0 spiro atoms. The molecule has 2 unspecified atom stereocenters. The van der Waals surface area contributed by atoms with Crippen LogP contribution in [0.3, 0.4) is 0 Å².